The number of aryl methyl sites for hydroxylation is 1. The molecule has 0 aliphatic carbocycles. The molecule has 0 amide bonds. The van der Waals surface area contributed by atoms with Crippen LogP contribution >= 0.6 is 0 Å². The van der Waals surface area contributed by atoms with Gasteiger partial charge in [0, 0.05) is 25.9 Å². The summed E-state index contributed by atoms with van der Waals surface area (Å²) in [7, 11) is 1.66. The first kappa shape index (κ1) is 14.7. The van der Waals surface area contributed by atoms with Crippen LogP contribution in [0.4, 0.5) is 5.95 Å². The molecule has 1 fully saturated rings. The van der Waals surface area contributed by atoms with E-state index in [4.69, 9.17) is 14.7 Å². The van der Waals surface area contributed by atoms with Gasteiger partial charge in [0.1, 0.15) is 11.8 Å². The molecule has 108 valence electrons. The highest BCUT2D eigenvalue weighted by molar-refractivity contribution is 5.37. The average Bonchev–Trinajstić information content (AvgIpc) is 2.36. The Kier molecular flexibility index (Phi) is 4.21. The molecule has 1 aliphatic heterocycles. The van der Waals surface area contributed by atoms with E-state index in [9.17, 15) is 0 Å². The topological polar surface area (TPSA) is 71.3 Å². The monoisotopic (exact) mass is 276 g/mol. The zero-order valence-corrected chi connectivity index (χ0v) is 12.4. The van der Waals surface area contributed by atoms with Crippen molar-refractivity contribution in [3.63, 3.8) is 0 Å². The van der Waals surface area contributed by atoms with E-state index in [1.807, 2.05) is 20.8 Å². The number of ether oxygens (including phenoxy) is 2. The lowest BCUT2D eigenvalue weighted by Crippen LogP contribution is -2.54. The molecule has 1 saturated heterocycles. The van der Waals surface area contributed by atoms with E-state index in [2.05, 4.69) is 20.9 Å². The highest BCUT2D eigenvalue weighted by Gasteiger charge is 2.34. The fourth-order valence-electron chi connectivity index (χ4n) is 2.47. The van der Waals surface area contributed by atoms with Crippen LogP contribution in [0, 0.1) is 18.3 Å². The smallest absolute Gasteiger partial charge is 0.227 e. The van der Waals surface area contributed by atoms with Crippen molar-refractivity contribution in [1.29, 1.82) is 5.26 Å². The fraction of sp³-hybridized carbons (Fsp3) is 0.643. The minimum Gasteiger partial charge on any atom is -0.382 e. The Labute approximate surface area is 119 Å². The number of rotatable bonds is 3. The van der Waals surface area contributed by atoms with Gasteiger partial charge in [-0.1, -0.05) is 0 Å². The molecule has 20 heavy (non-hydrogen) atoms. The first-order valence-corrected chi connectivity index (χ1v) is 6.61. The van der Waals surface area contributed by atoms with E-state index in [0.717, 1.165) is 5.69 Å². The van der Waals surface area contributed by atoms with Crippen LogP contribution in [0.1, 0.15) is 25.2 Å². The summed E-state index contributed by atoms with van der Waals surface area (Å²) in [6.07, 6.45) is -0.0293. The van der Waals surface area contributed by atoms with E-state index < -0.39 is 0 Å². The summed E-state index contributed by atoms with van der Waals surface area (Å²) in [5, 5.41) is 9.02. The van der Waals surface area contributed by atoms with Gasteiger partial charge < -0.3 is 14.4 Å². The van der Waals surface area contributed by atoms with Crippen molar-refractivity contribution in [2.24, 2.45) is 0 Å². The number of nitrogens with zero attached hydrogens (tertiary/aromatic N) is 4. The summed E-state index contributed by atoms with van der Waals surface area (Å²) < 4.78 is 11.1. The van der Waals surface area contributed by atoms with Gasteiger partial charge in [-0.05, 0) is 26.8 Å². The van der Waals surface area contributed by atoms with Crippen LogP contribution in [0.2, 0.25) is 0 Å². The Hall–Kier alpha value is -1.71. The van der Waals surface area contributed by atoms with E-state index in [-0.39, 0.29) is 11.7 Å². The molecule has 1 aromatic heterocycles. The third-order valence-corrected chi connectivity index (χ3v) is 3.07. The molecule has 2 heterocycles. The molecule has 6 heteroatoms. The first-order valence-electron chi connectivity index (χ1n) is 6.61. The van der Waals surface area contributed by atoms with Gasteiger partial charge in [0.2, 0.25) is 5.95 Å². The van der Waals surface area contributed by atoms with E-state index in [0.29, 0.717) is 31.3 Å². The lowest BCUT2D eigenvalue weighted by Gasteiger charge is -2.42. The number of anilines is 1. The van der Waals surface area contributed by atoms with Crippen molar-refractivity contribution in [2.45, 2.75) is 32.5 Å². The van der Waals surface area contributed by atoms with Gasteiger partial charge in [-0.15, -0.1) is 0 Å². The van der Waals surface area contributed by atoms with Crippen LogP contribution < -0.4 is 4.90 Å². The molecule has 0 spiro atoms. The normalized spacial score (nSPS) is 21.6. The molecule has 0 radical (unpaired) electrons. The van der Waals surface area contributed by atoms with Crippen molar-refractivity contribution >= 4 is 5.95 Å². The largest absolute Gasteiger partial charge is 0.382 e. The van der Waals surface area contributed by atoms with Gasteiger partial charge in [-0.25, -0.2) is 9.97 Å². The molecule has 6 nitrogen and oxygen atoms in total. The zero-order chi connectivity index (χ0) is 14.8. The molecule has 0 saturated carbocycles. The van der Waals surface area contributed by atoms with Crippen molar-refractivity contribution in [1.82, 2.24) is 9.97 Å². The summed E-state index contributed by atoms with van der Waals surface area (Å²) in [6.45, 7) is 7.79. The van der Waals surface area contributed by atoms with Crippen molar-refractivity contribution in [3.8, 4) is 6.07 Å². The molecule has 0 N–H and O–H groups in total. The van der Waals surface area contributed by atoms with Gasteiger partial charge in [-0.3, -0.25) is 0 Å². The number of morpholine rings is 1. The molecular weight excluding hydrogens is 256 g/mol. The molecule has 0 aromatic carbocycles. The lowest BCUT2D eigenvalue weighted by atomic mass is 10.1. The maximum Gasteiger partial charge on any atom is 0.227 e. The van der Waals surface area contributed by atoms with Crippen LogP contribution in [0.5, 0.6) is 0 Å². The minimum absolute atomic E-state index is 0.0293. The summed E-state index contributed by atoms with van der Waals surface area (Å²) >= 11 is 0. The van der Waals surface area contributed by atoms with Crippen molar-refractivity contribution in [3.05, 3.63) is 17.5 Å². The second-order valence-corrected chi connectivity index (χ2v) is 5.64. The van der Waals surface area contributed by atoms with Gasteiger partial charge in [0.15, 0.2) is 0 Å². The summed E-state index contributed by atoms with van der Waals surface area (Å²) in [6, 6.07) is 3.75. The van der Waals surface area contributed by atoms with Crippen LogP contribution in [0.25, 0.3) is 0 Å². The second-order valence-electron chi connectivity index (χ2n) is 5.64. The predicted octanol–water partition coefficient (Wildman–Crippen LogP) is 1.29. The Balaban J connectivity index is 2.27. The van der Waals surface area contributed by atoms with Crippen LogP contribution in [-0.2, 0) is 9.47 Å². The molecule has 1 aliphatic rings. The quantitative estimate of drug-likeness (QED) is 0.828. The van der Waals surface area contributed by atoms with Crippen molar-refractivity contribution < 1.29 is 9.47 Å². The third kappa shape index (κ3) is 3.44. The van der Waals surface area contributed by atoms with Crippen molar-refractivity contribution in [2.75, 3.05) is 31.7 Å². The first-order chi connectivity index (χ1) is 9.43. The Bertz CT molecular complexity index is 524. The van der Waals surface area contributed by atoms with Gasteiger partial charge in [0.25, 0.3) is 0 Å². The lowest BCUT2D eigenvalue weighted by molar-refractivity contribution is -0.106. The maximum absolute atomic E-state index is 9.02. The SMILES string of the molecule is COCC1CN(c2nc(C)cc(C#N)n2)CC(C)(C)O1. The second kappa shape index (κ2) is 5.73. The summed E-state index contributed by atoms with van der Waals surface area (Å²) in [4.78, 5) is 10.8. The molecule has 2 rings (SSSR count). The third-order valence-electron chi connectivity index (χ3n) is 3.07. The molecule has 1 aromatic rings. The van der Waals surface area contributed by atoms with Crippen LogP contribution in [-0.4, -0.2) is 48.5 Å². The van der Waals surface area contributed by atoms with E-state index >= 15 is 0 Å². The Morgan fingerprint density at radius 3 is 2.95 bits per heavy atom. The molecular formula is C14H20N4O2. The van der Waals surface area contributed by atoms with Gasteiger partial charge >= 0.3 is 0 Å². The summed E-state index contributed by atoms with van der Waals surface area (Å²) in [5.74, 6) is 0.582. The van der Waals surface area contributed by atoms with E-state index in [1.165, 1.54) is 0 Å². The number of hydrogen-bond donors (Lipinski definition) is 0. The molecule has 1 atom stereocenters. The van der Waals surface area contributed by atoms with Crippen LogP contribution in [0.15, 0.2) is 6.07 Å². The van der Waals surface area contributed by atoms with E-state index in [1.54, 1.807) is 13.2 Å². The standard InChI is InChI=1S/C14H20N4O2/c1-10-5-11(6-15)17-13(16-10)18-7-12(8-19-4)20-14(2,3)9-18/h5,12H,7-9H2,1-4H3. The minimum atomic E-state index is -0.304. The molecule has 0 bridgehead atoms. The van der Waals surface area contributed by atoms with Crippen LogP contribution in [0.3, 0.4) is 0 Å². The highest BCUT2D eigenvalue weighted by Crippen LogP contribution is 2.24. The maximum atomic E-state index is 9.02. The van der Waals surface area contributed by atoms with Gasteiger partial charge in [0.05, 0.1) is 18.3 Å². The Morgan fingerprint density at radius 1 is 1.55 bits per heavy atom. The number of methoxy groups -OCH3 is 1. The molecule has 1 unspecified atom stereocenters. The predicted molar refractivity (Wildman–Crippen MR) is 74.5 cm³/mol. The summed E-state index contributed by atoms with van der Waals surface area (Å²) in [5.41, 5.74) is 0.876. The van der Waals surface area contributed by atoms with Gasteiger partial charge in [-0.2, -0.15) is 5.26 Å². The average molecular weight is 276 g/mol. The fourth-order valence-corrected chi connectivity index (χ4v) is 2.47. The number of nitriles is 1. The highest BCUT2D eigenvalue weighted by atomic mass is 16.5. The Morgan fingerprint density at radius 2 is 2.30 bits per heavy atom. The number of hydrogen-bond acceptors (Lipinski definition) is 6. The zero-order valence-electron chi connectivity index (χ0n) is 12.4. The number of aromatic nitrogens is 2.